The van der Waals surface area contributed by atoms with Crippen LogP contribution in [-0.4, -0.2) is 10.2 Å². The number of nitrogen functional groups attached to an aromatic ring is 1. The first-order valence-electron chi connectivity index (χ1n) is 6.38. The van der Waals surface area contributed by atoms with Gasteiger partial charge >= 0.3 is 6.01 Å². The number of rotatable bonds is 4. The number of ether oxygens (including phenoxy) is 1. The lowest BCUT2D eigenvalue weighted by molar-refractivity contribution is 0.306. The van der Waals surface area contributed by atoms with Crippen molar-refractivity contribution in [3.8, 4) is 17.2 Å². The van der Waals surface area contributed by atoms with Crippen molar-refractivity contribution in [1.29, 1.82) is 0 Å². The second-order valence-electron chi connectivity index (χ2n) is 4.51. The highest BCUT2D eigenvalue weighted by molar-refractivity contribution is 6.32. The predicted octanol–water partition coefficient (Wildman–Crippen LogP) is 3.69. The van der Waals surface area contributed by atoms with Crippen molar-refractivity contribution in [2.75, 3.05) is 5.73 Å². The molecule has 0 saturated heterocycles. The molecule has 2 N–H and O–H groups in total. The Morgan fingerprint density at radius 2 is 2.05 bits per heavy atom. The number of aromatic nitrogens is 2. The van der Waals surface area contributed by atoms with Crippen LogP contribution in [0, 0.1) is 5.82 Å². The summed E-state index contributed by atoms with van der Waals surface area (Å²) in [6.07, 6.45) is 0. The highest BCUT2D eigenvalue weighted by atomic mass is 35.5. The summed E-state index contributed by atoms with van der Waals surface area (Å²) < 4.78 is 23.8. The zero-order chi connectivity index (χ0) is 15.5. The SMILES string of the molecule is Nc1nnc(-c2ccc(OCc3cccc(F)c3)c(Cl)c2)o1. The Morgan fingerprint density at radius 1 is 1.18 bits per heavy atom. The lowest BCUT2D eigenvalue weighted by atomic mass is 10.2. The molecular formula is C15H11ClFN3O2. The minimum absolute atomic E-state index is 0.0162. The van der Waals surface area contributed by atoms with Gasteiger partial charge in [0.1, 0.15) is 18.2 Å². The van der Waals surface area contributed by atoms with E-state index in [0.717, 1.165) is 0 Å². The van der Waals surface area contributed by atoms with Crippen molar-refractivity contribution >= 4 is 17.6 Å². The summed E-state index contributed by atoms with van der Waals surface area (Å²) in [4.78, 5) is 0. The molecule has 0 spiro atoms. The maximum atomic E-state index is 13.1. The van der Waals surface area contributed by atoms with E-state index >= 15 is 0 Å². The quantitative estimate of drug-likeness (QED) is 0.793. The lowest BCUT2D eigenvalue weighted by Crippen LogP contribution is -1.96. The fourth-order valence-electron chi connectivity index (χ4n) is 1.89. The highest BCUT2D eigenvalue weighted by Crippen LogP contribution is 2.30. The Hall–Kier alpha value is -2.60. The van der Waals surface area contributed by atoms with E-state index in [0.29, 0.717) is 21.9 Å². The fourth-order valence-corrected chi connectivity index (χ4v) is 2.13. The van der Waals surface area contributed by atoms with Gasteiger partial charge in [-0.25, -0.2) is 4.39 Å². The average Bonchev–Trinajstić information content (AvgIpc) is 2.93. The monoisotopic (exact) mass is 319 g/mol. The molecule has 3 rings (SSSR count). The zero-order valence-corrected chi connectivity index (χ0v) is 12.0. The number of hydrogen-bond donors (Lipinski definition) is 1. The molecule has 7 heteroatoms. The van der Waals surface area contributed by atoms with Crippen LogP contribution in [0.4, 0.5) is 10.4 Å². The summed E-state index contributed by atoms with van der Waals surface area (Å²) in [5, 5.41) is 7.74. The van der Waals surface area contributed by atoms with E-state index in [4.69, 9.17) is 26.5 Å². The third-order valence-electron chi connectivity index (χ3n) is 2.90. The number of nitrogens with two attached hydrogens (primary N) is 1. The molecule has 0 radical (unpaired) electrons. The molecule has 0 saturated carbocycles. The van der Waals surface area contributed by atoms with Crippen molar-refractivity contribution < 1.29 is 13.5 Å². The summed E-state index contributed by atoms with van der Waals surface area (Å²) in [6, 6.07) is 11.2. The minimum Gasteiger partial charge on any atom is -0.487 e. The summed E-state index contributed by atoms with van der Waals surface area (Å²) in [5.41, 5.74) is 6.72. The standard InChI is InChI=1S/C15H11ClFN3O2/c16-12-7-10(14-19-20-15(18)22-14)4-5-13(12)21-8-9-2-1-3-11(17)6-9/h1-7H,8H2,(H2,18,20). The van der Waals surface area contributed by atoms with Gasteiger partial charge in [0, 0.05) is 5.56 Å². The van der Waals surface area contributed by atoms with Crippen molar-refractivity contribution in [2.45, 2.75) is 6.61 Å². The van der Waals surface area contributed by atoms with E-state index in [-0.39, 0.29) is 24.3 Å². The molecule has 0 bridgehead atoms. The van der Waals surface area contributed by atoms with Gasteiger partial charge in [-0.1, -0.05) is 28.8 Å². The first-order chi connectivity index (χ1) is 10.6. The van der Waals surface area contributed by atoms with Crippen LogP contribution in [0.5, 0.6) is 5.75 Å². The summed E-state index contributed by atoms with van der Waals surface area (Å²) in [6.45, 7) is 0.213. The molecule has 1 heterocycles. The number of anilines is 1. The zero-order valence-electron chi connectivity index (χ0n) is 11.3. The van der Waals surface area contributed by atoms with E-state index in [1.165, 1.54) is 12.1 Å². The topological polar surface area (TPSA) is 74.2 Å². The van der Waals surface area contributed by atoms with Gasteiger partial charge in [-0.2, -0.15) is 0 Å². The van der Waals surface area contributed by atoms with Crippen LogP contribution in [0.3, 0.4) is 0 Å². The van der Waals surface area contributed by atoms with Crippen LogP contribution in [-0.2, 0) is 6.61 Å². The molecule has 0 atom stereocenters. The van der Waals surface area contributed by atoms with Crippen molar-refractivity contribution in [3.05, 3.63) is 58.9 Å². The molecule has 0 aliphatic heterocycles. The number of halogens is 2. The van der Waals surface area contributed by atoms with Crippen molar-refractivity contribution in [1.82, 2.24) is 10.2 Å². The van der Waals surface area contributed by atoms with Crippen LogP contribution < -0.4 is 10.5 Å². The fraction of sp³-hybridized carbons (Fsp3) is 0.0667. The molecule has 5 nitrogen and oxygen atoms in total. The first kappa shape index (κ1) is 14.3. The lowest BCUT2D eigenvalue weighted by Gasteiger charge is -2.09. The Kier molecular flexibility index (Phi) is 3.93. The summed E-state index contributed by atoms with van der Waals surface area (Å²) in [7, 11) is 0. The van der Waals surface area contributed by atoms with Crippen molar-refractivity contribution in [3.63, 3.8) is 0 Å². The van der Waals surface area contributed by atoms with Gasteiger partial charge in [0.25, 0.3) is 0 Å². The van der Waals surface area contributed by atoms with Gasteiger partial charge in [-0.3, -0.25) is 0 Å². The third-order valence-corrected chi connectivity index (χ3v) is 3.20. The van der Waals surface area contributed by atoms with Gasteiger partial charge < -0.3 is 14.9 Å². The third kappa shape index (κ3) is 3.17. The minimum atomic E-state index is -0.309. The van der Waals surface area contributed by atoms with E-state index in [1.54, 1.807) is 30.3 Å². The van der Waals surface area contributed by atoms with Crippen molar-refractivity contribution in [2.24, 2.45) is 0 Å². The number of nitrogens with zero attached hydrogens (tertiary/aromatic N) is 2. The molecule has 0 aliphatic rings. The molecule has 0 fully saturated rings. The van der Waals surface area contributed by atoms with Gasteiger partial charge in [0.05, 0.1) is 5.02 Å². The van der Waals surface area contributed by atoms with Gasteiger partial charge in [-0.05, 0) is 35.9 Å². The second-order valence-corrected chi connectivity index (χ2v) is 4.92. The van der Waals surface area contributed by atoms with E-state index < -0.39 is 0 Å². The molecule has 22 heavy (non-hydrogen) atoms. The van der Waals surface area contributed by atoms with Gasteiger partial charge in [-0.15, -0.1) is 5.10 Å². The highest BCUT2D eigenvalue weighted by Gasteiger charge is 2.10. The van der Waals surface area contributed by atoms with E-state index in [1.807, 2.05) is 0 Å². The van der Waals surface area contributed by atoms with Crippen LogP contribution in [0.15, 0.2) is 46.9 Å². The number of hydrogen-bond acceptors (Lipinski definition) is 5. The van der Waals surface area contributed by atoms with Gasteiger partial charge in [0.2, 0.25) is 5.89 Å². The summed E-state index contributed by atoms with van der Waals surface area (Å²) in [5.74, 6) is 0.440. The summed E-state index contributed by atoms with van der Waals surface area (Å²) >= 11 is 6.16. The maximum Gasteiger partial charge on any atom is 0.313 e. The van der Waals surface area contributed by atoms with E-state index in [2.05, 4.69) is 10.2 Å². The van der Waals surface area contributed by atoms with E-state index in [9.17, 15) is 4.39 Å². The molecule has 1 aromatic heterocycles. The van der Waals surface area contributed by atoms with Crippen LogP contribution >= 0.6 is 11.6 Å². The predicted molar refractivity (Wildman–Crippen MR) is 79.9 cm³/mol. The largest absolute Gasteiger partial charge is 0.487 e. The molecule has 0 unspecified atom stereocenters. The van der Waals surface area contributed by atoms with Gasteiger partial charge in [0.15, 0.2) is 0 Å². The smallest absolute Gasteiger partial charge is 0.313 e. The van der Waals surface area contributed by atoms with Crippen LogP contribution in [0.25, 0.3) is 11.5 Å². The molecule has 2 aromatic carbocycles. The Bertz CT molecular complexity index is 807. The number of benzene rings is 2. The first-order valence-corrected chi connectivity index (χ1v) is 6.76. The maximum absolute atomic E-state index is 13.1. The van der Waals surface area contributed by atoms with Crippen LogP contribution in [0.1, 0.15) is 5.56 Å². The molecule has 112 valence electrons. The molecule has 3 aromatic rings. The normalized spacial score (nSPS) is 10.6. The molecule has 0 aliphatic carbocycles. The average molecular weight is 320 g/mol. The second kappa shape index (κ2) is 6.03. The molecular weight excluding hydrogens is 309 g/mol. The Morgan fingerprint density at radius 3 is 2.73 bits per heavy atom. The Balaban J connectivity index is 1.75. The van der Waals surface area contributed by atoms with Crippen LogP contribution in [0.2, 0.25) is 5.02 Å². The Labute approximate surface area is 130 Å². The molecule has 0 amide bonds.